The van der Waals surface area contributed by atoms with Crippen LogP contribution in [0.2, 0.25) is 0 Å². The quantitative estimate of drug-likeness (QED) is 0.727. The summed E-state index contributed by atoms with van der Waals surface area (Å²) in [6, 6.07) is 9.29. The van der Waals surface area contributed by atoms with Gasteiger partial charge in [-0.3, -0.25) is 9.69 Å². The molecule has 0 spiro atoms. The number of hydrogen-bond donors (Lipinski definition) is 2. The van der Waals surface area contributed by atoms with Gasteiger partial charge >= 0.3 is 0 Å². The largest absolute Gasteiger partial charge is 0.464 e. The fourth-order valence-corrected chi connectivity index (χ4v) is 5.15. The second-order valence-electron chi connectivity index (χ2n) is 8.82. The van der Waals surface area contributed by atoms with Crippen molar-refractivity contribution in [2.24, 2.45) is 5.92 Å². The molecule has 5 heteroatoms. The minimum Gasteiger partial charge on any atom is -0.464 e. The summed E-state index contributed by atoms with van der Waals surface area (Å²) in [5, 5.41) is 11.9. The molecule has 0 bridgehead atoms. The molecule has 158 valence electrons. The lowest BCUT2D eigenvalue weighted by molar-refractivity contribution is -0.122. The number of aliphatic hydroxyl groups is 1. The molecule has 29 heavy (non-hydrogen) atoms. The smallest absolute Gasteiger partial charge is 0.222 e. The van der Waals surface area contributed by atoms with Crippen LogP contribution >= 0.6 is 0 Å². The van der Waals surface area contributed by atoms with Gasteiger partial charge in [0.15, 0.2) is 0 Å². The van der Waals surface area contributed by atoms with Crippen LogP contribution in [0, 0.1) is 5.92 Å². The Labute approximate surface area is 173 Å². The minimum atomic E-state index is -0.0653. The van der Waals surface area contributed by atoms with E-state index in [0.717, 1.165) is 31.1 Å². The van der Waals surface area contributed by atoms with Gasteiger partial charge in [0, 0.05) is 29.6 Å². The fourth-order valence-electron chi connectivity index (χ4n) is 5.15. The number of hydrogen-bond acceptors (Lipinski definition) is 4. The number of nitrogens with zero attached hydrogens (tertiary/aromatic N) is 1. The molecule has 1 amide bonds. The van der Waals surface area contributed by atoms with Gasteiger partial charge in [-0.25, -0.2) is 0 Å². The first-order valence-corrected chi connectivity index (χ1v) is 11.3. The van der Waals surface area contributed by atoms with E-state index in [1.54, 1.807) is 0 Å². The molecule has 0 aromatic heterocycles. The third-order valence-electron chi connectivity index (χ3n) is 6.83. The molecular weight excluding hydrogens is 364 g/mol. The van der Waals surface area contributed by atoms with Gasteiger partial charge in [-0.15, -0.1) is 0 Å². The van der Waals surface area contributed by atoms with Gasteiger partial charge in [-0.2, -0.15) is 0 Å². The average molecular weight is 399 g/mol. The van der Waals surface area contributed by atoms with Crippen LogP contribution in [0.5, 0.6) is 0 Å². The normalized spacial score (nSPS) is 25.9. The van der Waals surface area contributed by atoms with E-state index >= 15 is 0 Å². The second kappa shape index (κ2) is 9.77. The number of amides is 1. The Morgan fingerprint density at radius 1 is 1.17 bits per heavy atom. The van der Waals surface area contributed by atoms with Crippen molar-refractivity contribution >= 4 is 5.91 Å². The van der Waals surface area contributed by atoms with Crippen molar-refractivity contribution in [1.29, 1.82) is 0 Å². The van der Waals surface area contributed by atoms with Crippen LogP contribution in [-0.2, 0) is 4.79 Å². The number of likely N-dealkylation sites (tertiary alicyclic amines) is 1. The summed E-state index contributed by atoms with van der Waals surface area (Å²) in [5.74, 6) is 1.71. The highest BCUT2D eigenvalue weighted by Gasteiger charge is 2.27. The van der Waals surface area contributed by atoms with E-state index in [9.17, 15) is 4.79 Å². The first-order chi connectivity index (χ1) is 14.2. The molecule has 0 radical (unpaired) electrons. The molecule has 0 aromatic rings. The lowest BCUT2D eigenvalue weighted by Crippen LogP contribution is -2.39. The Morgan fingerprint density at radius 2 is 2.03 bits per heavy atom. The summed E-state index contributed by atoms with van der Waals surface area (Å²) < 4.78 is 5.86. The minimum absolute atomic E-state index is 0.0145. The van der Waals surface area contributed by atoms with E-state index in [1.807, 2.05) is 12.3 Å². The van der Waals surface area contributed by atoms with Gasteiger partial charge < -0.3 is 14.8 Å². The number of carbonyl (C=O) groups is 1. The number of carbonyl (C=O) groups excluding carboxylic acids is 1. The SMILES string of the molecule is O=C(CCO)NC1CCC(CCN2CCCCC2c2coc3cccc-3c2)CC1. The Hall–Kier alpha value is -1.85. The van der Waals surface area contributed by atoms with Crippen LogP contribution in [0.4, 0.5) is 0 Å². The fraction of sp³-hybridized carbons (Fsp3) is 0.625. The van der Waals surface area contributed by atoms with Gasteiger partial charge in [0.2, 0.25) is 5.91 Å². The van der Waals surface area contributed by atoms with Gasteiger partial charge in [0.1, 0.15) is 5.76 Å². The van der Waals surface area contributed by atoms with Crippen LogP contribution in [0.1, 0.15) is 69.4 Å². The summed E-state index contributed by atoms with van der Waals surface area (Å²) in [6.45, 7) is 2.26. The highest BCUT2D eigenvalue weighted by molar-refractivity contribution is 5.76. The van der Waals surface area contributed by atoms with Gasteiger partial charge in [-0.05, 0) is 76.1 Å². The van der Waals surface area contributed by atoms with Crippen molar-refractivity contribution in [1.82, 2.24) is 10.2 Å². The van der Waals surface area contributed by atoms with E-state index in [1.165, 1.54) is 56.2 Å². The maximum absolute atomic E-state index is 11.7. The molecule has 1 saturated heterocycles. The van der Waals surface area contributed by atoms with Gasteiger partial charge in [-0.1, -0.05) is 18.6 Å². The van der Waals surface area contributed by atoms with E-state index < -0.39 is 0 Å². The zero-order valence-electron chi connectivity index (χ0n) is 17.3. The summed E-state index contributed by atoms with van der Waals surface area (Å²) in [7, 11) is 0. The van der Waals surface area contributed by atoms with Crippen molar-refractivity contribution in [2.45, 2.75) is 69.9 Å². The molecule has 1 saturated carbocycles. The summed E-state index contributed by atoms with van der Waals surface area (Å²) in [6.07, 6.45) is 11.7. The first-order valence-electron chi connectivity index (χ1n) is 11.3. The third-order valence-corrected chi connectivity index (χ3v) is 6.83. The maximum Gasteiger partial charge on any atom is 0.222 e. The first kappa shape index (κ1) is 20.4. The Bertz CT molecular complexity index is 750. The Morgan fingerprint density at radius 3 is 2.86 bits per heavy atom. The summed E-state index contributed by atoms with van der Waals surface area (Å²) in [5.41, 5.74) is 2.52. The standard InChI is InChI=1S/C24H34N2O3/c27-15-12-24(28)25-21-9-7-18(8-10-21)11-14-26-13-2-1-5-22(26)20-16-19-4-3-6-23(19)29-17-20/h3-4,6,16-18,21-22,27H,1-2,5,7-15H2,(H,25,28). The molecule has 4 rings (SSSR count). The van der Waals surface area contributed by atoms with Crippen LogP contribution in [-0.4, -0.2) is 41.7 Å². The molecule has 5 nitrogen and oxygen atoms in total. The number of fused-ring (bicyclic) bond motifs is 1. The van der Waals surface area contributed by atoms with Crippen molar-refractivity contribution in [3.8, 4) is 11.3 Å². The highest BCUT2D eigenvalue weighted by atomic mass is 16.3. The van der Waals surface area contributed by atoms with Crippen molar-refractivity contribution < 1.29 is 14.3 Å². The van der Waals surface area contributed by atoms with E-state index in [4.69, 9.17) is 9.52 Å². The molecule has 2 aliphatic heterocycles. The molecule has 4 aliphatic rings. The predicted octanol–water partition coefficient (Wildman–Crippen LogP) is 4.36. The lowest BCUT2D eigenvalue weighted by atomic mass is 9.83. The molecule has 2 N–H and O–H groups in total. The molecule has 2 fully saturated rings. The summed E-state index contributed by atoms with van der Waals surface area (Å²) >= 11 is 0. The summed E-state index contributed by atoms with van der Waals surface area (Å²) in [4.78, 5) is 14.3. The van der Waals surface area contributed by atoms with Gasteiger partial charge in [0.25, 0.3) is 0 Å². The van der Waals surface area contributed by atoms with E-state index in [0.29, 0.717) is 12.1 Å². The molecular formula is C24H34N2O3. The monoisotopic (exact) mass is 398 g/mol. The predicted molar refractivity (Wildman–Crippen MR) is 114 cm³/mol. The average Bonchev–Trinajstić information content (AvgIpc) is 3.21. The molecule has 1 atom stereocenters. The van der Waals surface area contributed by atoms with Crippen LogP contribution in [0.3, 0.4) is 0 Å². The molecule has 2 heterocycles. The topological polar surface area (TPSA) is 65.7 Å². The van der Waals surface area contributed by atoms with Crippen molar-refractivity contribution in [2.75, 3.05) is 19.7 Å². The highest BCUT2D eigenvalue weighted by Crippen LogP contribution is 2.36. The van der Waals surface area contributed by atoms with Crippen LogP contribution < -0.4 is 5.32 Å². The van der Waals surface area contributed by atoms with E-state index in [2.05, 4.69) is 28.4 Å². The number of piperidine rings is 1. The molecule has 0 aromatic carbocycles. The Balaban J connectivity index is 1.28. The number of nitrogens with one attached hydrogen (secondary N) is 1. The Kier molecular flexibility index (Phi) is 6.88. The number of aliphatic hydroxyl groups excluding tert-OH is 1. The van der Waals surface area contributed by atoms with Crippen molar-refractivity contribution in [3.63, 3.8) is 0 Å². The third kappa shape index (κ3) is 5.20. The number of rotatable bonds is 7. The zero-order valence-corrected chi connectivity index (χ0v) is 17.3. The van der Waals surface area contributed by atoms with Crippen LogP contribution in [0.15, 0.2) is 34.9 Å². The van der Waals surface area contributed by atoms with Crippen LogP contribution in [0.25, 0.3) is 11.3 Å². The maximum atomic E-state index is 11.7. The van der Waals surface area contributed by atoms with E-state index in [-0.39, 0.29) is 18.9 Å². The lowest BCUT2D eigenvalue weighted by Gasteiger charge is -2.37. The van der Waals surface area contributed by atoms with Gasteiger partial charge in [0.05, 0.1) is 12.9 Å². The van der Waals surface area contributed by atoms with Crippen molar-refractivity contribution in [3.05, 3.63) is 36.1 Å². The second-order valence-corrected chi connectivity index (χ2v) is 8.82. The molecule has 1 unspecified atom stereocenters. The zero-order chi connectivity index (χ0) is 20.1. The molecule has 2 aliphatic carbocycles.